The van der Waals surface area contributed by atoms with Crippen LogP contribution in [-0.2, 0) is 11.3 Å². The van der Waals surface area contributed by atoms with Crippen LogP contribution in [0.1, 0.15) is 22.8 Å². The molecule has 0 saturated heterocycles. The van der Waals surface area contributed by atoms with Gasteiger partial charge in [-0.05, 0) is 36.8 Å². The second kappa shape index (κ2) is 10.0. The molecular formula is C22H22N2O3S2. The number of ether oxygens (including phenoxy) is 2. The van der Waals surface area contributed by atoms with E-state index in [2.05, 4.69) is 10.6 Å². The van der Waals surface area contributed by atoms with Crippen molar-refractivity contribution in [1.82, 2.24) is 5.32 Å². The maximum Gasteiger partial charge on any atom is 0.341 e. The number of carbonyl (C=O) groups excluding carboxylic acids is 1. The Balaban J connectivity index is 1.77. The van der Waals surface area contributed by atoms with Crippen LogP contribution in [0.4, 0.5) is 5.00 Å². The van der Waals surface area contributed by atoms with Crippen LogP contribution >= 0.6 is 23.6 Å². The van der Waals surface area contributed by atoms with Gasteiger partial charge in [0.25, 0.3) is 0 Å². The van der Waals surface area contributed by atoms with Crippen LogP contribution in [0.15, 0.2) is 60.7 Å². The van der Waals surface area contributed by atoms with Crippen LogP contribution in [0.5, 0.6) is 5.75 Å². The Morgan fingerprint density at radius 1 is 1.10 bits per heavy atom. The number of methoxy groups -OCH3 is 1. The van der Waals surface area contributed by atoms with Gasteiger partial charge < -0.3 is 20.1 Å². The molecule has 3 rings (SSSR count). The lowest BCUT2D eigenvalue weighted by atomic mass is 10.1. The van der Waals surface area contributed by atoms with Crippen molar-refractivity contribution in [1.29, 1.82) is 0 Å². The second-order valence-corrected chi connectivity index (χ2v) is 7.52. The summed E-state index contributed by atoms with van der Waals surface area (Å²) in [7, 11) is 1.64. The van der Waals surface area contributed by atoms with Gasteiger partial charge >= 0.3 is 5.97 Å². The molecule has 0 aliphatic carbocycles. The van der Waals surface area contributed by atoms with E-state index >= 15 is 0 Å². The van der Waals surface area contributed by atoms with Gasteiger partial charge in [0.2, 0.25) is 0 Å². The number of anilines is 1. The van der Waals surface area contributed by atoms with E-state index in [1.807, 2.05) is 60.7 Å². The number of rotatable bonds is 7. The van der Waals surface area contributed by atoms with Gasteiger partial charge in [-0.3, -0.25) is 0 Å². The van der Waals surface area contributed by atoms with Gasteiger partial charge in [-0.15, -0.1) is 11.3 Å². The first kappa shape index (κ1) is 20.8. The number of esters is 1. The van der Waals surface area contributed by atoms with E-state index < -0.39 is 0 Å². The van der Waals surface area contributed by atoms with E-state index in [0.29, 0.717) is 28.8 Å². The van der Waals surface area contributed by atoms with Gasteiger partial charge in [0, 0.05) is 17.0 Å². The minimum absolute atomic E-state index is 0.311. The Morgan fingerprint density at radius 2 is 1.83 bits per heavy atom. The molecule has 3 aromatic rings. The highest BCUT2D eigenvalue weighted by atomic mass is 32.1. The summed E-state index contributed by atoms with van der Waals surface area (Å²) in [5.74, 6) is 0.415. The monoisotopic (exact) mass is 426 g/mol. The molecule has 0 bridgehead atoms. The minimum atomic E-state index is -0.374. The molecule has 2 aromatic carbocycles. The molecule has 0 radical (unpaired) electrons. The van der Waals surface area contributed by atoms with Crippen LogP contribution in [0.25, 0.3) is 10.4 Å². The number of thiocarbonyl (C=S) groups is 1. The smallest absolute Gasteiger partial charge is 0.341 e. The van der Waals surface area contributed by atoms with E-state index in [0.717, 1.165) is 21.8 Å². The van der Waals surface area contributed by atoms with E-state index in [9.17, 15) is 4.79 Å². The molecule has 5 nitrogen and oxygen atoms in total. The van der Waals surface area contributed by atoms with Crippen molar-refractivity contribution >= 4 is 39.6 Å². The third kappa shape index (κ3) is 5.34. The highest BCUT2D eigenvalue weighted by Gasteiger charge is 2.19. The first-order valence-corrected chi connectivity index (χ1v) is 10.4. The lowest BCUT2D eigenvalue weighted by Gasteiger charge is -2.12. The molecule has 29 heavy (non-hydrogen) atoms. The van der Waals surface area contributed by atoms with Gasteiger partial charge in [-0.2, -0.15) is 0 Å². The molecule has 0 amide bonds. The van der Waals surface area contributed by atoms with Crippen molar-refractivity contribution in [3.63, 3.8) is 0 Å². The number of hydrogen-bond donors (Lipinski definition) is 2. The molecule has 2 N–H and O–H groups in total. The summed E-state index contributed by atoms with van der Waals surface area (Å²) < 4.78 is 10.6. The van der Waals surface area contributed by atoms with Crippen LogP contribution in [-0.4, -0.2) is 24.8 Å². The van der Waals surface area contributed by atoms with Crippen molar-refractivity contribution < 1.29 is 14.3 Å². The predicted molar refractivity (Wildman–Crippen MR) is 122 cm³/mol. The normalized spacial score (nSPS) is 10.3. The quantitative estimate of drug-likeness (QED) is 0.406. The van der Waals surface area contributed by atoms with Crippen molar-refractivity contribution in [2.45, 2.75) is 13.5 Å². The summed E-state index contributed by atoms with van der Waals surface area (Å²) in [5, 5.41) is 7.38. The van der Waals surface area contributed by atoms with Crippen molar-refractivity contribution in [2.24, 2.45) is 0 Å². The molecule has 0 aliphatic rings. The summed E-state index contributed by atoms with van der Waals surface area (Å²) in [6.07, 6.45) is 0. The Kier molecular flexibility index (Phi) is 7.21. The molecule has 0 atom stereocenters. The maximum absolute atomic E-state index is 12.4. The average Bonchev–Trinajstić information content (AvgIpc) is 3.17. The summed E-state index contributed by atoms with van der Waals surface area (Å²) in [6, 6.07) is 19.5. The highest BCUT2D eigenvalue weighted by molar-refractivity contribution is 7.80. The number of thiophene rings is 1. The maximum atomic E-state index is 12.4. The molecule has 1 heterocycles. The average molecular weight is 427 g/mol. The highest BCUT2D eigenvalue weighted by Crippen LogP contribution is 2.36. The van der Waals surface area contributed by atoms with Crippen LogP contribution in [0.3, 0.4) is 0 Å². The summed E-state index contributed by atoms with van der Waals surface area (Å²) in [5.41, 5.74) is 2.49. The fourth-order valence-electron chi connectivity index (χ4n) is 2.76. The van der Waals surface area contributed by atoms with Crippen LogP contribution < -0.4 is 15.4 Å². The third-order valence-corrected chi connectivity index (χ3v) is 5.49. The SMILES string of the molecule is CCOC(=O)c1cc(-c2ccccc2)sc1NC(=S)NCc1ccccc1OC. The number of benzene rings is 2. The Bertz CT molecular complexity index is 987. The van der Waals surface area contributed by atoms with Crippen molar-refractivity contribution in [3.05, 3.63) is 71.8 Å². The molecule has 0 fully saturated rings. The lowest BCUT2D eigenvalue weighted by Crippen LogP contribution is -2.28. The van der Waals surface area contributed by atoms with E-state index in [-0.39, 0.29) is 5.97 Å². The molecular weight excluding hydrogens is 404 g/mol. The van der Waals surface area contributed by atoms with Crippen molar-refractivity contribution in [2.75, 3.05) is 19.0 Å². The van der Waals surface area contributed by atoms with Gasteiger partial charge in [0.15, 0.2) is 5.11 Å². The minimum Gasteiger partial charge on any atom is -0.496 e. The zero-order valence-corrected chi connectivity index (χ0v) is 17.9. The Hall–Kier alpha value is -2.90. The summed E-state index contributed by atoms with van der Waals surface area (Å²) in [4.78, 5) is 13.4. The molecule has 1 aromatic heterocycles. The standard InChI is InChI=1S/C22H22N2O3S2/c1-3-27-21(25)17-13-19(15-9-5-4-6-10-15)29-20(17)24-22(28)23-14-16-11-7-8-12-18(16)26-2/h4-13H,3,14H2,1-2H3,(H2,23,24,28). The van der Waals surface area contributed by atoms with Gasteiger partial charge in [-0.25, -0.2) is 4.79 Å². The number of hydrogen-bond acceptors (Lipinski definition) is 5. The van der Waals surface area contributed by atoms with E-state index in [1.165, 1.54) is 11.3 Å². The summed E-state index contributed by atoms with van der Waals surface area (Å²) >= 11 is 6.90. The van der Waals surface area contributed by atoms with Crippen LogP contribution in [0, 0.1) is 0 Å². The lowest BCUT2D eigenvalue weighted by molar-refractivity contribution is 0.0528. The molecule has 0 aliphatic heterocycles. The fourth-order valence-corrected chi connectivity index (χ4v) is 4.06. The molecule has 150 valence electrons. The Labute approximate surface area is 179 Å². The summed E-state index contributed by atoms with van der Waals surface area (Å²) in [6.45, 7) is 2.60. The first-order chi connectivity index (χ1) is 14.1. The second-order valence-electron chi connectivity index (χ2n) is 6.06. The predicted octanol–water partition coefficient (Wildman–Crippen LogP) is 5.09. The zero-order chi connectivity index (χ0) is 20.6. The van der Waals surface area contributed by atoms with Gasteiger partial charge in [0.1, 0.15) is 10.8 Å². The molecule has 0 saturated carbocycles. The van der Waals surface area contributed by atoms with Gasteiger partial charge in [-0.1, -0.05) is 48.5 Å². The first-order valence-electron chi connectivity index (χ1n) is 9.15. The largest absolute Gasteiger partial charge is 0.496 e. The number of para-hydroxylation sites is 1. The number of nitrogens with one attached hydrogen (secondary N) is 2. The third-order valence-electron chi connectivity index (χ3n) is 4.14. The van der Waals surface area contributed by atoms with E-state index in [1.54, 1.807) is 14.0 Å². The molecule has 7 heteroatoms. The number of carbonyl (C=O) groups is 1. The fraction of sp³-hybridized carbons (Fsp3) is 0.182. The Morgan fingerprint density at radius 3 is 2.55 bits per heavy atom. The van der Waals surface area contributed by atoms with Crippen LogP contribution in [0.2, 0.25) is 0 Å². The van der Waals surface area contributed by atoms with Gasteiger partial charge in [0.05, 0.1) is 19.3 Å². The molecule has 0 spiro atoms. The van der Waals surface area contributed by atoms with Crippen molar-refractivity contribution in [3.8, 4) is 16.2 Å². The van der Waals surface area contributed by atoms with E-state index in [4.69, 9.17) is 21.7 Å². The topological polar surface area (TPSA) is 59.6 Å². The zero-order valence-electron chi connectivity index (χ0n) is 16.2. The molecule has 0 unspecified atom stereocenters.